The van der Waals surface area contributed by atoms with Gasteiger partial charge in [0.05, 0.1) is 0 Å². The molecular weight excluding hydrogens is 172 g/mol. The fraction of sp³-hybridized carbons (Fsp3) is 1.00. The van der Waals surface area contributed by atoms with Gasteiger partial charge in [-0.15, -0.1) is 0 Å². The van der Waals surface area contributed by atoms with Gasteiger partial charge in [0, 0.05) is 12.3 Å². The molecule has 0 amide bonds. The number of unbranched alkanes of at least 4 members (excludes halogenated alkanes) is 3. The van der Waals surface area contributed by atoms with E-state index in [1.807, 2.05) is 6.92 Å². The van der Waals surface area contributed by atoms with Crippen LogP contribution in [0.4, 0.5) is 0 Å². The van der Waals surface area contributed by atoms with Crippen LogP contribution in [0.5, 0.6) is 0 Å². The molecule has 0 aromatic rings. The first-order chi connectivity index (χ1) is 5.62. The zero-order valence-electron chi connectivity index (χ0n) is 8.18. The number of hydrogen-bond donors (Lipinski definition) is 3. The first kappa shape index (κ1) is 12.2. The van der Waals surface area contributed by atoms with Gasteiger partial charge in [0.15, 0.2) is 0 Å². The summed E-state index contributed by atoms with van der Waals surface area (Å²) in [6.45, 7) is 4.87. The first-order valence-electron chi connectivity index (χ1n) is 4.68. The Kier molecular flexibility index (Phi) is 6.84. The topological polar surface area (TPSA) is 58.3 Å². The van der Waals surface area contributed by atoms with Crippen molar-refractivity contribution in [2.24, 2.45) is 5.14 Å². The van der Waals surface area contributed by atoms with E-state index in [2.05, 4.69) is 11.6 Å². The summed E-state index contributed by atoms with van der Waals surface area (Å²) >= 11 is 0. The molecule has 4 N–H and O–H groups in total. The van der Waals surface area contributed by atoms with Crippen LogP contribution in [0, 0.1) is 0 Å². The maximum Gasteiger partial charge on any atom is 0.0243 e. The lowest BCUT2D eigenvalue weighted by molar-refractivity contribution is 0.600. The summed E-state index contributed by atoms with van der Waals surface area (Å²) in [6, 6.07) is 0. The summed E-state index contributed by atoms with van der Waals surface area (Å²) in [5.74, 6) is 0.723. The zero-order valence-corrected chi connectivity index (χ0v) is 8.99. The Morgan fingerprint density at radius 3 is 2.42 bits per heavy atom. The second-order valence-corrected chi connectivity index (χ2v) is 5.22. The predicted molar refractivity (Wildman–Crippen MR) is 57.1 cm³/mol. The molecule has 0 radical (unpaired) electrons. The number of nitrogens with two attached hydrogens (primary N) is 1. The molecule has 12 heavy (non-hydrogen) atoms. The summed E-state index contributed by atoms with van der Waals surface area (Å²) in [6.07, 6.45) is 4.67. The molecule has 0 bridgehead atoms. The average Bonchev–Trinajstić information content (AvgIpc) is 1.98. The van der Waals surface area contributed by atoms with Crippen molar-refractivity contribution in [3.05, 3.63) is 0 Å². The lowest BCUT2D eigenvalue weighted by Gasteiger charge is -2.29. The maximum atomic E-state index is 9.56. The van der Waals surface area contributed by atoms with Crippen LogP contribution in [0.3, 0.4) is 0 Å². The minimum Gasteiger partial charge on any atom is -0.326 e. The highest BCUT2D eigenvalue weighted by Gasteiger charge is 2.10. The molecule has 1 atom stereocenters. The van der Waals surface area contributed by atoms with Gasteiger partial charge >= 0.3 is 0 Å². The largest absolute Gasteiger partial charge is 0.326 e. The minimum absolute atomic E-state index is 0.723. The van der Waals surface area contributed by atoms with Crippen LogP contribution in [0.25, 0.3) is 0 Å². The van der Waals surface area contributed by atoms with E-state index >= 15 is 0 Å². The lowest BCUT2D eigenvalue weighted by atomic mass is 10.2. The summed E-state index contributed by atoms with van der Waals surface area (Å²) in [7, 11) is -1.96. The molecule has 0 saturated heterocycles. The zero-order chi connectivity index (χ0) is 9.45. The van der Waals surface area contributed by atoms with E-state index in [1.54, 1.807) is 0 Å². The second kappa shape index (κ2) is 6.71. The van der Waals surface area contributed by atoms with Crippen molar-refractivity contribution < 1.29 is 4.55 Å². The van der Waals surface area contributed by atoms with Crippen LogP contribution < -0.4 is 9.86 Å². The molecule has 76 valence electrons. The Hall–Kier alpha value is 0.230. The molecule has 0 spiro atoms. The SMILES string of the molecule is CCCCCCS(N)(O)NCC. The Balaban J connectivity index is 3.33. The van der Waals surface area contributed by atoms with E-state index in [9.17, 15) is 4.55 Å². The number of hydrogen-bond acceptors (Lipinski definition) is 3. The van der Waals surface area contributed by atoms with Crippen molar-refractivity contribution >= 4 is 10.7 Å². The van der Waals surface area contributed by atoms with Gasteiger partial charge in [-0.2, -0.15) is 0 Å². The first-order valence-corrected chi connectivity index (χ1v) is 6.50. The third-order valence-corrected chi connectivity index (χ3v) is 3.40. The van der Waals surface area contributed by atoms with Crippen molar-refractivity contribution in [2.75, 3.05) is 12.3 Å². The van der Waals surface area contributed by atoms with Crippen molar-refractivity contribution in [1.29, 1.82) is 0 Å². The Morgan fingerprint density at radius 2 is 1.92 bits per heavy atom. The van der Waals surface area contributed by atoms with Gasteiger partial charge in [-0.25, -0.2) is 0 Å². The van der Waals surface area contributed by atoms with Crippen molar-refractivity contribution in [1.82, 2.24) is 4.72 Å². The van der Waals surface area contributed by atoms with Gasteiger partial charge in [-0.1, -0.05) is 33.1 Å². The molecule has 0 aliphatic rings. The highest BCUT2D eigenvalue weighted by atomic mass is 32.3. The van der Waals surface area contributed by atoms with Crippen molar-refractivity contribution in [2.45, 2.75) is 39.5 Å². The molecule has 3 nitrogen and oxygen atoms in total. The quantitative estimate of drug-likeness (QED) is 0.545. The molecule has 0 aromatic heterocycles. The number of rotatable bonds is 7. The van der Waals surface area contributed by atoms with Crippen LogP contribution in [0.2, 0.25) is 0 Å². The molecule has 0 aromatic carbocycles. The third kappa shape index (κ3) is 6.91. The van der Waals surface area contributed by atoms with E-state index in [-0.39, 0.29) is 0 Å². The van der Waals surface area contributed by atoms with E-state index in [1.165, 1.54) is 19.3 Å². The van der Waals surface area contributed by atoms with Gasteiger partial charge in [0.25, 0.3) is 0 Å². The van der Waals surface area contributed by atoms with Crippen LogP contribution in [-0.2, 0) is 0 Å². The molecular formula is C8H22N2OS. The smallest absolute Gasteiger partial charge is 0.0243 e. The summed E-state index contributed by atoms with van der Waals surface area (Å²) < 4.78 is 12.5. The molecule has 4 heteroatoms. The van der Waals surface area contributed by atoms with Crippen LogP contribution in [0.1, 0.15) is 39.5 Å². The average molecular weight is 194 g/mol. The fourth-order valence-electron chi connectivity index (χ4n) is 1.07. The van der Waals surface area contributed by atoms with Crippen LogP contribution in [0.15, 0.2) is 0 Å². The highest BCUT2D eigenvalue weighted by molar-refractivity contribution is 8.25. The Labute approximate surface area is 77.5 Å². The molecule has 0 aliphatic heterocycles. The van der Waals surface area contributed by atoms with E-state index in [4.69, 9.17) is 5.14 Å². The molecule has 0 saturated carbocycles. The normalized spacial score (nSPS) is 18.7. The molecule has 0 aliphatic carbocycles. The molecule has 0 heterocycles. The summed E-state index contributed by atoms with van der Waals surface area (Å²) in [5.41, 5.74) is 0. The van der Waals surface area contributed by atoms with E-state index < -0.39 is 10.7 Å². The molecule has 0 rings (SSSR count). The summed E-state index contributed by atoms with van der Waals surface area (Å²) in [4.78, 5) is 0. The fourth-order valence-corrected chi connectivity index (χ4v) is 2.36. The van der Waals surface area contributed by atoms with Crippen molar-refractivity contribution in [3.63, 3.8) is 0 Å². The third-order valence-electron chi connectivity index (χ3n) is 1.70. The van der Waals surface area contributed by atoms with Gasteiger partial charge < -0.3 is 4.55 Å². The highest BCUT2D eigenvalue weighted by Crippen LogP contribution is 2.29. The summed E-state index contributed by atoms with van der Waals surface area (Å²) in [5, 5.41) is 5.64. The lowest BCUT2D eigenvalue weighted by Crippen LogP contribution is -2.29. The molecule has 0 fully saturated rings. The Bertz CT molecular complexity index is 109. The van der Waals surface area contributed by atoms with Gasteiger partial charge in [-0.05, 0) is 17.1 Å². The van der Waals surface area contributed by atoms with Crippen molar-refractivity contribution in [3.8, 4) is 0 Å². The predicted octanol–water partition coefficient (Wildman–Crippen LogP) is 2.24. The van der Waals surface area contributed by atoms with Gasteiger partial charge in [0.2, 0.25) is 0 Å². The van der Waals surface area contributed by atoms with Crippen LogP contribution >= 0.6 is 10.7 Å². The van der Waals surface area contributed by atoms with Gasteiger partial charge in [-0.3, -0.25) is 9.86 Å². The second-order valence-electron chi connectivity index (χ2n) is 3.02. The maximum absolute atomic E-state index is 9.56. The van der Waals surface area contributed by atoms with Gasteiger partial charge in [0.1, 0.15) is 0 Å². The Morgan fingerprint density at radius 1 is 1.25 bits per heavy atom. The van der Waals surface area contributed by atoms with E-state index in [0.717, 1.165) is 18.7 Å². The number of nitrogens with one attached hydrogen (secondary N) is 1. The monoisotopic (exact) mass is 194 g/mol. The standard InChI is InChI=1S/C8H22N2OS/c1-3-5-6-7-8-12(9,11)10-4-2/h10-11H,3-9H2,1-2H3. The minimum atomic E-state index is -1.96. The van der Waals surface area contributed by atoms with E-state index in [0.29, 0.717) is 0 Å². The van der Waals surface area contributed by atoms with Crippen LogP contribution in [-0.4, -0.2) is 16.9 Å². The molecule has 1 unspecified atom stereocenters.